The van der Waals surface area contributed by atoms with Crippen molar-refractivity contribution in [2.24, 2.45) is 5.10 Å². The van der Waals surface area contributed by atoms with E-state index in [9.17, 15) is 4.79 Å². The Morgan fingerprint density at radius 2 is 1.76 bits per heavy atom. The predicted octanol–water partition coefficient (Wildman–Crippen LogP) is 5.34. The number of benzene rings is 3. The average Bonchev–Trinajstić information content (AvgIpc) is 2.82. The van der Waals surface area contributed by atoms with Gasteiger partial charge >= 0.3 is 0 Å². The van der Waals surface area contributed by atoms with E-state index in [1.165, 1.54) is 6.21 Å². The van der Waals surface area contributed by atoms with E-state index in [4.69, 9.17) is 30.5 Å². The van der Waals surface area contributed by atoms with Gasteiger partial charge in [0.2, 0.25) is 0 Å². The van der Waals surface area contributed by atoms with Gasteiger partial charge in [0, 0.05) is 16.7 Å². The van der Waals surface area contributed by atoms with Crippen LogP contribution in [0.4, 0.5) is 0 Å². The third-order valence-electron chi connectivity index (χ3n) is 4.36. The predicted molar refractivity (Wildman–Crippen MR) is 131 cm³/mol. The van der Waals surface area contributed by atoms with Gasteiger partial charge in [-0.2, -0.15) is 5.10 Å². The van der Waals surface area contributed by atoms with Crippen LogP contribution in [0.2, 0.25) is 5.02 Å². The highest BCUT2D eigenvalue weighted by atomic mass is 79.9. The number of hydrogen-bond acceptors (Lipinski definition) is 6. The number of hydrazone groups is 1. The molecule has 3 aromatic rings. The molecule has 3 aromatic carbocycles. The molecule has 0 saturated carbocycles. The summed E-state index contributed by atoms with van der Waals surface area (Å²) in [7, 11) is 3.15. The summed E-state index contributed by atoms with van der Waals surface area (Å²) in [5.74, 6) is 2.09. The number of nitrogens with zero attached hydrogens (tertiary/aromatic N) is 1. The van der Waals surface area contributed by atoms with Gasteiger partial charge in [-0.05, 0) is 64.0 Å². The summed E-state index contributed by atoms with van der Waals surface area (Å²) in [6.07, 6.45) is 1.51. The molecule has 33 heavy (non-hydrogen) atoms. The molecule has 0 aliphatic heterocycles. The molecule has 0 atom stereocenters. The third-order valence-corrected chi connectivity index (χ3v) is 5.18. The van der Waals surface area contributed by atoms with Crippen LogP contribution in [0.15, 0.2) is 70.2 Å². The van der Waals surface area contributed by atoms with Crippen molar-refractivity contribution in [2.75, 3.05) is 27.4 Å². The first kappa shape index (κ1) is 24.4. The SMILES string of the molecule is COc1cccc(OCCOc2c(Br)cc(/C=N\NC(=O)c3cccc(Cl)c3)cc2OC)c1. The minimum Gasteiger partial charge on any atom is -0.497 e. The van der Waals surface area contributed by atoms with Crippen molar-refractivity contribution >= 4 is 39.7 Å². The molecule has 0 bridgehead atoms. The third kappa shape index (κ3) is 7.13. The molecule has 3 rings (SSSR count). The summed E-state index contributed by atoms with van der Waals surface area (Å²) in [6.45, 7) is 0.636. The molecule has 1 amide bonds. The van der Waals surface area contributed by atoms with E-state index in [0.29, 0.717) is 51.1 Å². The highest BCUT2D eigenvalue weighted by molar-refractivity contribution is 9.10. The number of carbonyl (C=O) groups is 1. The van der Waals surface area contributed by atoms with Gasteiger partial charge in [0.25, 0.3) is 5.91 Å². The van der Waals surface area contributed by atoms with Crippen LogP contribution >= 0.6 is 27.5 Å². The van der Waals surface area contributed by atoms with Crippen LogP contribution in [0, 0.1) is 0 Å². The van der Waals surface area contributed by atoms with Crippen LogP contribution in [-0.2, 0) is 0 Å². The topological polar surface area (TPSA) is 78.4 Å². The van der Waals surface area contributed by atoms with Gasteiger partial charge in [0.15, 0.2) is 11.5 Å². The minimum atomic E-state index is -0.365. The van der Waals surface area contributed by atoms with Crippen molar-refractivity contribution in [1.82, 2.24) is 5.43 Å². The van der Waals surface area contributed by atoms with Crippen LogP contribution < -0.4 is 24.4 Å². The minimum absolute atomic E-state index is 0.301. The fraction of sp³-hybridized carbons (Fsp3) is 0.167. The molecule has 0 aromatic heterocycles. The lowest BCUT2D eigenvalue weighted by molar-refractivity contribution is 0.0955. The first-order valence-electron chi connectivity index (χ1n) is 9.86. The molecule has 172 valence electrons. The molecule has 0 radical (unpaired) electrons. The largest absolute Gasteiger partial charge is 0.497 e. The summed E-state index contributed by atoms with van der Waals surface area (Å²) in [5.41, 5.74) is 3.59. The van der Waals surface area contributed by atoms with Crippen LogP contribution in [-0.4, -0.2) is 39.6 Å². The lowest BCUT2D eigenvalue weighted by Crippen LogP contribution is -2.17. The monoisotopic (exact) mass is 532 g/mol. The maximum absolute atomic E-state index is 12.2. The van der Waals surface area contributed by atoms with E-state index in [1.54, 1.807) is 56.7 Å². The summed E-state index contributed by atoms with van der Waals surface area (Å²) in [5, 5.41) is 4.48. The highest BCUT2D eigenvalue weighted by Crippen LogP contribution is 2.36. The lowest BCUT2D eigenvalue weighted by atomic mass is 10.2. The van der Waals surface area contributed by atoms with E-state index in [2.05, 4.69) is 26.5 Å². The van der Waals surface area contributed by atoms with Crippen molar-refractivity contribution in [1.29, 1.82) is 0 Å². The highest BCUT2D eigenvalue weighted by Gasteiger charge is 2.12. The van der Waals surface area contributed by atoms with Gasteiger partial charge in [0.05, 0.1) is 24.9 Å². The first-order valence-corrected chi connectivity index (χ1v) is 11.0. The van der Waals surface area contributed by atoms with Gasteiger partial charge in [-0.1, -0.05) is 23.7 Å². The van der Waals surface area contributed by atoms with Crippen LogP contribution in [0.3, 0.4) is 0 Å². The number of rotatable bonds is 10. The Kier molecular flexibility index (Phi) is 8.97. The molecule has 0 fully saturated rings. The number of methoxy groups -OCH3 is 2. The number of halogens is 2. The van der Waals surface area contributed by atoms with Crippen molar-refractivity contribution < 1.29 is 23.7 Å². The number of hydrogen-bond donors (Lipinski definition) is 1. The van der Waals surface area contributed by atoms with Crippen molar-refractivity contribution in [3.05, 3.63) is 81.3 Å². The molecular formula is C24H22BrClN2O5. The zero-order valence-corrected chi connectivity index (χ0v) is 20.4. The van der Waals surface area contributed by atoms with Gasteiger partial charge < -0.3 is 18.9 Å². The van der Waals surface area contributed by atoms with Crippen molar-refractivity contribution in [3.63, 3.8) is 0 Å². The molecule has 0 saturated heterocycles. The molecule has 0 unspecified atom stereocenters. The Morgan fingerprint density at radius 3 is 2.52 bits per heavy atom. The first-order chi connectivity index (χ1) is 16.0. The van der Waals surface area contributed by atoms with Crippen LogP contribution in [0.1, 0.15) is 15.9 Å². The molecule has 0 aliphatic rings. The van der Waals surface area contributed by atoms with E-state index in [1.807, 2.05) is 18.2 Å². The van der Waals surface area contributed by atoms with Crippen LogP contribution in [0.25, 0.3) is 0 Å². The Balaban J connectivity index is 1.58. The van der Waals surface area contributed by atoms with Crippen LogP contribution in [0.5, 0.6) is 23.0 Å². The molecule has 1 N–H and O–H groups in total. The van der Waals surface area contributed by atoms with Crippen molar-refractivity contribution in [3.8, 4) is 23.0 Å². The zero-order chi connectivity index (χ0) is 23.6. The van der Waals surface area contributed by atoms with Gasteiger partial charge in [0.1, 0.15) is 24.7 Å². The van der Waals surface area contributed by atoms with Gasteiger partial charge in [-0.3, -0.25) is 4.79 Å². The molecule has 0 heterocycles. The summed E-state index contributed by atoms with van der Waals surface area (Å²) < 4.78 is 22.8. The van der Waals surface area contributed by atoms with E-state index < -0.39 is 0 Å². The molecular weight excluding hydrogens is 512 g/mol. The standard InChI is InChI=1S/C24H22BrClN2O5/c1-30-19-7-4-8-20(14-19)32-9-10-33-23-21(25)11-16(12-22(23)31-2)15-27-28-24(29)17-5-3-6-18(26)13-17/h3-8,11-15H,9-10H2,1-2H3,(H,28,29)/b27-15-. The molecule has 0 spiro atoms. The normalized spacial score (nSPS) is 10.7. The van der Waals surface area contributed by atoms with E-state index >= 15 is 0 Å². The van der Waals surface area contributed by atoms with Gasteiger partial charge in [-0.25, -0.2) is 5.43 Å². The Bertz CT molecular complexity index is 1140. The Labute approximate surface area is 205 Å². The number of amides is 1. The maximum atomic E-state index is 12.2. The smallest absolute Gasteiger partial charge is 0.271 e. The lowest BCUT2D eigenvalue weighted by Gasteiger charge is -2.14. The number of ether oxygens (including phenoxy) is 4. The fourth-order valence-corrected chi connectivity index (χ4v) is 3.57. The van der Waals surface area contributed by atoms with E-state index in [-0.39, 0.29) is 5.91 Å². The fourth-order valence-electron chi connectivity index (χ4n) is 2.81. The second-order valence-corrected chi connectivity index (χ2v) is 7.91. The summed E-state index contributed by atoms with van der Waals surface area (Å²) in [4.78, 5) is 12.2. The molecule has 0 aliphatic carbocycles. The average molecular weight is 534 g/mol. The van der Waals surface area contributed by atoms with E-state index in [0.717, 1.165) is 5.75 Å². The molecule has 9 heteroatoms. The number of carbonyl (C=O) groups excluding carboxylic acids is 1. The number of nitrogens with one attached hydrogen (secondary N) is 1. The quantitative estimate of drug-likeness (QED) is 0.216. The molecule has 7 nitrogen and oxygen atoms in total. The second-order valence-electron chi connectivity index (χ2n) is 6.62. The van der Waals surface area contributed by atoms with Crippen molar-refractivity contribution in [2.45, 2.75) is 0 Å². The Morgan fingerprint density at radius 1 is 1.00 bits per heavy atom. The zero-order valence-electron chi connectivity index (χ0n) is 18.0. The summed E-state index contributed by atoms with van der Waals surface area (Å²) >= 11 is 9.41. The maximum Gasteiger partial charge on any atom is 0.271 e. The second kappa shape index (κ2) is 12.1. The van der Waals surface area contributed by atoms with Gasteiger partial charge in [-0.15, -0.1) is 0 Å². The summed E-state index contributed by atoms with van der Waals surface area (Å²) in [6, 6.07) is 17.5. The Hall–Kier alpha value is -3.23.